The van der Waals surface area contributed by atoms with Crippen molar-refractivity contribution in [2.24, 2.45) is 5.73 Å². The monoisotopic (exact) mass is 287 g/mol. The largest absolute Gasteiger partial charge is 0.493 e. The highest BCUT2D eigenvalue weighted by Crippen LogP contribution is 2.29. The molecule has 19 heavy (non-hydrogen) atoms. The van der Waals surface area contributed by atoms with E-state index in [-0.39, 0.29) is 24.2 Å². The minimum absolute atomic E-state index is 0.00168. The molecule has 2 N–H and O–H groups in total. The van der Waals surface area contributed by atoms with Crippen LogP contribution in [0.5, 0.6) is 11.5 Å². The van der Waals surface area contributed by atoms with E-state index >= 15 is 0 Å². The van der Waals surface area contributed by atoms with Gasteiger partial charge in [0.1, 0.15) is 6.61 Å². The van der Waals surface area contributed by atoms with Gasteiger partial charge in [0.05, 0.1) is 12.9 Å². The molecule has 0 heterocycles. The highest BCUT2D eigenvalue weighted by atomic mass is 32.2. The summed E-state index contributed by atoms with van der Waals surface area (Å²) in [4.78, 5) is 0. The van der Waals surface area contributed by atoms with E-state index in [0.717, 1.165) is 5.56 Å². The SMILES string of the molecule is CCS(=O)(=O)CCOc1ccc(C(C)N)cc1OC. The van der Waals surface area contributed by atoms with Gasteiger partial charge in [-0.15, -0.1) is 0 Å². The molecule has 0 bridgehead atoms. The maximum atomic E-state index is 11.4. The second kappa shape index (κ2) is 6.77. The molecule has 0 aromatic heterocycles. The van der Waals surface area contributed by atoms with Crippen LogP contribution in [0.2, 0.25) is 0 Å². The van der Waals surface area contributed by atoms with Crippen molar-refractivity contribution in [3.63, 3.8) is 0 Å². The summed E-state index contributed by atoms with van der Waals surface area (Å²) in [6.45, 7) is 3.61. The fourth-order valence-electron chi connectivity index (χ4n) is 1.51. The van der Waals surface area contributed by atoms with Crippen LogP contribution in [-0.2, 0) is 9.84 Å². The Morgan fingerprint density at radius 3 is 2.53 bits per heavy atom. The van der Waals surface area contributed by atoms with Gasteiger partial charge in [-0.3, -0.25) is 0 Å². The summed E-state index contributed by atoms with van der Waals surface area (Å²) in [6, 6.07) is 5.30. The summed E-state index contributed by atoms with van der Waals surface area (Å²) in [5.41, 5.74) is 6.72. The van der Waals surface area contributed by atoms with E-state index in [1.165, 1.54) is 7.11 Å². The Bertz CT molecular complexity index is 511. The number of sulfone groups is 1. The van der Waals surface area contributed by atoms with Crippen LogP contribution in [0.1, 0.15) is 25.5 Å². The third-order valence-electron chi connectivity index (χ3n) is 2.81. The predicted molar refractivity (Wildman–Crippen MR) is 75.4 cm³/mol. The molecule has 1 atom stereocenters. The zero-order valence-electron chi connectivity index (χ0n) is 11.5. The molecule has 0 fully saturated rings. The fraction of sp³-hybridized carbons (Fsp3) is 0.538. The minimum Gasteiger partial charge on any atom is -0.493 e. The zero-order valence-corrected chi connectivity index (χ0v) is 12.4. The van der Waals surface area contributed by atoms with Crippen molar-refractivity contribution >= 4 is 9.84 Å². The first-order valence-corrected chi connectivity index (χ1v) is 7.98. The van der Waals surface area contributed by atoms with E-state index in [9.17, 15) is 8.42 Å². The van der Waals surface area contributed by atoms with Gasteiger partial charge in [0.25, 0.3) is 0 Å². The van der Waals surface area contributed by atoms with Gasteiger partial charge >= 0.3 is 0 Å². The number of methoxy groups -OCH3 is 1. The Balaban J connectivity index is 2.73. The van der Waals surface area contributed by atoms with Crippen LogP contribution in [0, 0.1) is 0 Å². The molecule has 0 aliphatic carbocycles. The van der Waals surface area contributed by atoms with E-state index in [2.05, 4.69) is 0 Å². The first kappa shape index (κ1) is 15.8. The van der Waals surface area contributed by atoms with E-state index in [0.29, 0.717) is 11.5 Å². The lowest BCUT2D eigenvalue weighted by Crippen LogP contribution is -2.16. The molecule has 0 aliphatic rings. The number of nitrogens with two attached hydrogens (primary N) is 1. The molecule has 1 unspecified atom stereocenters. The van der Waals surface area contributed by atoms with Crippen molar-refractivity contribution in [3.8, 4) is 11.5 Å². The molecular weight excluding hydrogens is 266 g/mol. The smallest absolute Gasteiger partial charge is 0.161 e. The first-order chi connectivity index (χ1) is 8.89. The quantitative estimate of drug-likeness (QED) is 0.822. The lowest BCUT2D eigenvalue weighted by atomic mass is 10.1. The molecule has 108 valence electrons. The summed E-state index contributed by atoms with van der Waals surface area (Å²) < 4.78 is 33.4. The van der Waals surface area contributed by atoms with Gasteiger partial charge in [0, 0.05) is 11.8 Å². The fourth-order valence-corrected chi connectivity index (χ4v) is 2.14. The zero-order chi connectivity index (χ0) is 14.5. The van der Waals surface area contributed by atoms with Crippen molar-refractivity contribution < 1.29 is 17.9 Å². The highest BCUT2D eigenvalue weighted by Gasteiger charge is 2.11. The number of hydrogen-bond acceptors (Lipinski definition) is 5. The van der Waals surface area contributed by atoms with E-state index in [4.69, 9.17) is 15.2 Å². The highest BCUT2D eigenvalue weighted by molar-refractivity contribution is 7.91. The summed E-state index contributed by atoms with van der Waals surface area (Å²) in [5.74, 6) is 1.21. The maximum absolute atomic E-state index is 11.4. The maximum Gasteiger partial charge on any atom is 0.161 e. The second-order valence-electron chi connectivity index (χ2n) is 4.28. The summed E-state index contributed by atoms with van der Waals surface area (Å²) >= 11 is 0. The Morgan fingerprint density at radius 2 is 2.00 bits per heavy atom. The van der Waals surface area contributed by atoms with Gasteiger partial charge in [-0.2, -0.15) is 0 Å². The van der Waals surface area contributed by atoms with Crippen molar-refractivity contribution in [1.82, 2.24) is 0 Å². The van der Waals surface area contributed by atoms with Gasteiger partial charge in [-0.1, -0.05) is 13.0 Å². The second-order valence-corrected chi connectivity index (χ2v) is 6.76. The minimum atomic E-state index is -3.02. The third kappa shape index (κ3) is 4.72. The summed E-state index contributed by atoms with van der Waals surface area (Å²) in [5, 5.41) is 0. The molecule has 1 aromatic rings. The van der Waals surface area contributed by atoms with Crippen LogP contribution in [0.25, 0.3) is 0 Å². The third-order valence-corrected chi connectivity index (χ3v) is 4.47. The lowest BCUT2D eigenvalue weighted by Gasteiger charge is -2.13. The standard InChI is InChI=1S/C13H21NO4S/c1-4-19(15,16)8-7-18-12-6-5-11(10(2)14)9-13(12)17-3/h5-6,9-10H,4,7-8,14H2,1-3H3. The number of ether oxygens (including phenoxy) is 2. The molecule has 0 aliphatic heterocycles. The normalized spacial score (nSPS) is 13.1. The van der Waals surface area contributed by atoms with Crippen LogP contribution >= 0.6 is 0 Å². The van der Waals surface area contributed by atoms with E-state index in [1.807, 2.05) is 13.0 Å². The van der Waals surface area contributed by atoms with Gasteiger partial charge in [-0.25, -0.2) is 8.42 Å². The van der Waals surface area contributed by atoms with Crippen molar-refractivity contribution in [3.05, 3.63) is 23.8 Å². The van der Waals surface area contributed by atoms with Crippen molar-refractivity contribution in [1.29, 1.82) is 0 Å². The van der Waals surface area contributed by atoms with Gasteiger partial charge in [0.15, 0.2) is 21.3 Å². The molecule has 1 rings (SSSR count). The molecule has 0 spiro atoms. The molecule has 0 radical (unpaired) electrons. The molecule has 0 amide bonds. The Morgan fingerprint density at radius 1 is 1.32 bits per heavy atom. The topological polar surface area (TPSA) is 78.6 Å². The van der Waals surface area contributed by atoms with Crippen molar-refractivity contribution in [2.45, 2.75) is 19.9 Å². The number of benzene rings is 1. The molecular formula is C13H21NO4S. The van der Waals surface area contributed by atoms with Crippen LogP contribution < -0.4 is 15.2 Å². The van der Waals surface area contributed by atoms with Gasteiger partial charge < -0.3 is 15.2 Å². The van der Waals surface area contributed by atoms with Crippen LogP contribution in [-0.4, -0.2) is 33.6 Å². The van der Waals surface area contributed by atoms with E-state index in [1.54, 1.807) is 19.1 Å². The summed E-state index contributed by atoms with van der Waals surface area (Å²) in [7, 11) is -1.48. The predicted octanol–water partition coefficient (Wildman–Crippen LogP) is 1.53. The lowest BCUT2D eigenvalue weighted by molar-refractivity contribution is 0.311. The summed E-state index contributed by atoms with van der Waals surface area (Å²) in [6.07, 6.45) is 0. The molecule has 1 aromatic carbocycles. The average molecular weight is 287 g/mol. The van der Waals surface area contributed by atoms with Crippen molar-refractivity contribution in [2.75, 3.05) is 25.2 Å². The van der Waals surface area contributed by atoms with Gasteiger partial charge in [0.2, 0.25) is 0 Å². The number of hydrogen-bond donors (Lipinski definition) is 1. The number of rotatable bonds is 7. The molecule has 0 saturated carbocycles. The van der Waals surface area contributed by atoms with Gasteiger partial charge in [-0.05, 0) is 24.6 Å². The molecule has 0 saturated heterocycles. The van der Waals surface area contributed by atoms with E-state index < -0.39 is 9.84 Å². The van der Waals surface area contributed by atoms with Crippen LogP contribution in [0.15, 0.2) is 18.2 Å². The average Bonchev–Trinajstić information content (AvgIpc) is 2.38. The van der Waals surface area contributed by atoms with Crippen LogP contribution in [0.4, 0.5) is 0 Å². The Labute approximate surface area is 114 Å². The molecule has 5 nitrogen and oxygen atoms in total. The molecule has 6 heteroatoms. The Kier molecular flexibility index (Phi) is 5.62. The van der Waals surface area contributed by atoms with Crippen LogP contribution in [0.3, 0.4) is 0 Å². The Hall–Kier alpha value is -1.27. The first-order valence-electron chi connectivity index (χ1n) is 6.16.